The predicted octanol–water partition coefficient (Wildman–Crippen LogP) is 2.99. The van der Waals surface area contributed by atoms with E-state index in [2.05, 4.69) is 10.3 Å². The molecule has 102 valence electrons. The van der Waals surface area contributed by atoms with Crippen LogP contribution in [0.1, 0.15) is 26.3 Å². The summed E-state index contributed by atoms with van der Waals surface area (Å²) in [7, 11) is 0. The number of aryl methyl sites for hydroxylation is 1. The lowest BCUT2D eigenvalue weighted by molar-refractivity contribution is 0.0692. The van der Waals surface area contributed by atoms with Crippen molar-refractivity contribution in [1.82, 2.24) is 4.98 Å². The molecule has 2 rings (SSSR count). The highest BCUT2D eigenvalue weighted by Gasteiger charge is 2.16. The van der Waals surface area contributed by atoms with Crippen molar-refractivity contribution in [2.45, 2.75) is 6.92 Å². The van der Waals surface area contributed by atoms with Crippen molar-refractivity contribution in [3.63, 3.8) is 0 Å². The average molecular weight is 291 g/mol. The maximum Gasteiger partial charge on any atom is 0.336 e. The van der Waals surface area contributed by atoms with E-state index in [1.807, 2.05) is 6.92 Å². The Labute approximate surface area is 120 Å². The average Bonchev–Trinajstić information content (AvgIpc) is 2.42. The number of pyridine rings is 1. The van der Waals surface area contributed by atoms with Gasteiger partial charge in [-0.3, -0.25) is 4.79 Å². The van der Waals surface area contributed by atoms with E-state index >= 15 is 0 Å². The smallest absolute Gasteiger partial charge is 0.336 e. The molecule has 0 aliphatic heterocycles. The van der Waals surface area contributed by atoms with Crippen molar-refractivity contribution in [3.8, 4) is 0 Å². The number of hydrogen-bond donors (Lipinski definition) is 2. The van der Waals surface area contributed by atoms with E-state index in [1.54, 1.807) is 24.4 Å². The Kier molecular flexibility index (Phi) is 4.00. The van der Waals surface area contributed by atoms with Crippen molar-refractivity contribution in [2.75, 3.05) is 5.32 Å². The molecule has 0 aliphatic rings. The number of halogens is 1. The number of carbonyl (C=O) groups is 2. The summed E-state index contributed by atoms with van der Waals surface area (Å²) in [6, 6.07) is 7.62. The van der Waals surface area contributed by atoms with Gasteiger partial charge in [0, 0.05) is 6.20 Å². The van der Waals surface area contributed by atoms with E-state index in [0.717, 1.165) is 5.56 Å². The second-order valence-electron chi connectivity index (χ2n) is 4.16. The Bertz CT molecular complexity index is 686. The summed E-state index contributed by atoms with van der Waals surface area (Å²) in [5.74, 6) is -1.71. The number of nitrogens with one attached hydrogen (secondary N) is 1. The van der Waals surface area contributed by atoms with Gasteiger partial charge in [-0.2, -0.15) is 0 Å². The zero-order valence-electron chi connectivity index (χ0n) is 10.6. The molecule has 1 amide bonds. The normalized spacial score (nSPS) is 10.1. The van der Waals surface area contributed by atoms with Crippen molar-refractivity contribution in [2.24, 2.45) is 0 Å². The lowest BCUT2D eigenvalue weighted by Gasteiger charge is -2.09. The molecule has 1 aromatic carbocycles. The number of benzene rings is 1. The molecular weight excluding hydrogens is 280 g/mol. The third kappa shape index (κ3) is 2.95. The minimum Gasteiger partial charge on any atom is -0.478 e. The van der Waals surface area contributed by atoms with E-state index in [1.165, 1.54) is 12.1 Å². The summed E-state index contributed by atoms with van der Waals surface area (Å²) >= 11 is 5.89. The topological polar surface area (TPSA) is 79.3 Å². The SMILES string of the molecule is Cc1cnc(Cl)c(NC(=O)c2ccccc2C(=O)O)c1. The Hall–Kier alpha value is -2.40. The van der Waals surface area contributed by atoms with Crippen LogP contribution in [0.3, 0.4) is 0 Å². The fourth-order valence-corrected chi connectivity index (χ4v) is 1.85. The molecule has 0 bridgehead atoms. The Balaban J connectivity index is 2.33. The molecule has 20 heavy (non-hydrogen) atoms. The molecule has 6 heteroatoms. The molecular formula is C14H11ClN2O3. The van der Waals surface area contributed by atoms with Crippen LogP contribution in [-0.2, 0) is 0 Å². The first-order valence-electron chi connectivity index (χ1n) is 5.75. The molecule has 0 aliphatic carbocycles. The Morgan fingerprint density at radius 2 is 1.90 bits per heavy atom. The van der Waals surface area contributed by atoms with E-state index in [4.69, 9.17) is 16.7 Å². The molecule has 0 atom stereocenters. The molecule has 0 saturated carbocycles. The van der Waals surface area contributed by atoms with E-state index in [-0.39, 0.29) is 16.3 Å². The highest BCUT2D eigenvalue weighted by Crippen LogP contribution is 2.21. The monoisotopic (exact) mass is 290 g/mol. The lowest BCUT2D eigenvalue weighted by atomic mass is 10.1. The molecule has 1 aromatic heterocycles. The fraction of sp³-hybridized carbons (Fsp3) is 0.0714. The second kappa shape index (κ2) is 5.71. The largest absolute Gasteiger partial charge is 0.478 e. The molecule has 2 N–H and O–H groups in total. The van der Waals surface area contributed by atoms with E-state index < -0.39 is 11.9 Å². The highest BCUT2D eigenvalue weighted by molar-refractivity contribution is 6.32. The zero-order chi connectivity index (χ0) is 14.7. The summed E-state index contributed by atoms with van der Waals surface area (Å²) in [4.78, 5) is 27.1. The van der Waals surface area contributed by atoms with Crippen LogP contribution in [0.15, 0.2) is 36.5 Å². The van der Waals surface area contributed by atoms with Gasteiger partial charge in [-0.1, -0.05) is 23.7 Å². The molecule has 5 nitrogen and oxygen atoms in total. The van der Waals surface area contributed by atoms with Crippen LogP contribution in [-0.4, -0.2) is 22.0 Å². The van der Waals surface area contributed by atoms with Gasteiger partial charge in [0.05, 0.1) is 16.8 Å². The van der Waals surface area contributed by atoms with Crippen LogP contribution in [0.25, 0.3) is 0 Å². The van der Waals surface area contributed by atoms with Crippen LogP contribution >= 0.6 is 11.6 Å². The summed E-state index contributed by atoms with van der Waals surface area (Å²) in [5.41, 5.74) is 1.17. The maximum atomic E-state index is 12.1. The highest BCUT2D eigenvalue weighted by atomic mass is 35.5. The first-order valence-corrected chi connectivity index (χ1v) is 6.12. The molecule has 0 radical (unpaired) electrons. The molecule has 0 saturated heterocycles. The lowest BCUT2D eigenvalue weighted by Crippen LogP contribution is -2.16. The summed E-state index contributed by atoms with van der Waals surface area (Å²) < 4.78 is 0. The third-order valence-corrected chi connectivity index (χ3v) is 2.93. The van der Waals surface area contributed by atoms with E-state index in [0.29, 0.717) is 5.69 Å². The third-order valence-electron chi connectivity index (χ3n) is 2.63. The van der Waals surface area contributed by atoms with Gasteiger partial charge in [0.2, 0.25) is 0 Å². The van der Waals surface area contributed by atoms with Crippen molar-refractivity contribution < 1.29 is 14.7 Å². The minimum atomic E-state index is -1.16. The molecule has 0 unspecified atom stereocenters. The van der Waals surface area contributed by atoms with E-state index in [9.17, 15) is 9.59 Å². The van der Waals surface area contributed by atoms with Gasteiger partial charge in [0.1, 0.15) is 0 Å². The van der Waals surface area contributed by atoms with Gasteiger partial charge in [0.25, 0.3) is 5.91 Å². The molecule has 2 aromatic rings. The quantitative estimate of drug-likeness (QED) is 0.852. The standard InChI is InChI=1S/C14H11ClN2O3/c1-8-6-11(12(15)16-7-8)17-13(18)9-4-2-3-5-10(9)14(19)20/h2-7H,1H3,(H,17,18)(H,19,20). The summed E-state index contributed by atoms with van der Waals surface area (Å²) in [5, 5.41) is 11.8. The maximum absolute atomic E-state index is 12.1. The Morgan fingerprint density at radius 1 is 1.25 bits per heavy atom. The van der Waals surface area contributed by atoms with Crippen molar-refractivity contribution in [3.05, 3.63) is 58.4 Å². The summed E-state index contributed by atoms with van der Waals surface area (Å²) in [6.07, 6.45) is 1.57. The number of anilines is 1. The molecule has 0 fully saturated rings. The molecule has 0 spiro atoms. The van der Waals surface area contributed by atoms with Crippen LogP contribution in [0.2, 0.25) is 5.15 Å². The number of nitrogens with zero attached hydrogens (tertiary/aromatic N) is 1. The number of carboxylic acid groups (broad SMARTS) is 1. The number of amides is 1. The van der Waals surface area contributed by atoms with Gasteiger partial charge >= 0.3 is 5.97 Å². The Morgan fingerprint density at radius 3 is 2.55 bits per heavy atom. The van der Waals surface area contributed by atoms with Gasteiger partial charge in [-0.15, -0.1) is 0 Å². The number of carbonyl (C=O) groups excluding carboxylic acids is 1. The predicted molar refractivity (Wildman–Crippen MR) is 75.3 cm³/mol. The summed E-state index contributed by atoms with van der Waals surface area (Å²) in [6.45, 7) is 1.81. The van der Waals surface area contributed by atoms with Crippen LogP contribution < -0.4 is 5.32 Å². The number of rotatable bonds is 3. The second-order valence-corrected chi connectivity index (χ2v) is 4.51. The number of aromatic nitrogens is 1. The fourth-order valence-electron chi connectivity index (χ4n) is 1.70. The van der Waals surface area contributed by atoms with Gasteiger partial charge in [-0.05, 0) is 30.7 Å². The van der Waals surface area contributed by atoms with Gasteiger partial charge in [-0.25, -0.2) is 9.78 Å². The zero-order valence-corrected chi connectivity index (χ0v) is 11.3. The van der Waals surface area contributed by atoms with Crippen LogP contribution in [0, 0.1) is 6.92 Å². The van der Waals surface area contributed by atoms with Crippen molar-refractivity contribution in [1.29, 1.82) is 0 Å². The first kappa shape index (κ1) is 14.0. The first-order chi connectivity index (χ1) is 9.49. The van der Waals surface area contributed by atoms with Gasteiger partial charge in [0.15, 0.2) is 5.15 Å². The molecule has 1 heterocycles. The van der Waals surface area contributed by atoms with Crippen molar-refractivity contribution >= 4 is 29.2 Å². The number of aromatic carboxylic acids is 1. The van der Waals surface area contributed by atoms with Gasteiger partial charge < -0.3 is 10.4 Å². The number of carboxylic acids is 1. The number of hydrogen-bond acceptors (Lipinski definition) is 3. The van der Waals surface area contributed by atoms with Crippen LogP contribution in [0.4, 0.5) is 5.69 Å². The van der Waals surface area contributed by atoms with Crippen LogP contribution in [0.5, 0.6) is 0 Å². The minimum absolute atomic E-state index is 0.0672.